The van der Waals surface area contributed by atoms with Gasteiger partial charge in [-0.2, -0.15) is 0 Å². The maximum atomic E-state index is 6.04. The first-order chi connectivity index (χ1) is 13.5. The minimum absolute atomic E-state index is 0.245. The van der Waals surface area contributed by atoms with Crippen LogP contribution in [0.15, 0.2) is 24.3 Å². The highest BCUT2D eigenvalue weighted by atomic mass is 16.5. The molecule has 1 aromatic carbocycles. The van der Waals surface area contributed by atoms with Crippen molar-refractivity contribution in [3.8, 4) is 0 Å². The predicted octanol–water partition coefficient (Wildman–Crippen LogP) is 4.55. The van der Waals surface area contributed by atoms with Crippen LogP contribution >= 0.6 is 0 Å². The third-order valence-corrected chi connectivity index (χ3v) is 7.20. The Kier molecular flexibility index (Phi) is 6.44. The first kappa shape index (κ1) is 20.4. The fourth-order valence-electron chi connectivity index (χ4n) is 5.27. The van der Waals surface area contributed by atoms with Crippen LogP contribution in [0, 0.1) is 17.8 Å². The Morgan fingerprint density at radius 1 is 0.929 bits per heavy atom. The van der Waals surface area contributed by atoms with Crippen LogP contribution in [0.5, 0.6) is 0 Å². The van der Waals surface area contributed by atoms with Crippen LogP contribution in [-0.4, -0.2) is 55.7 Å². The maximum absolute atomic E-state index is 6.04. The standard InChI is InChI=1S/C25H40N2O/c1-25(2,3)21-10-8-20(9-11-21)16-27-17-22-23(18-27)24(22)19-28-15-7-14-26-12-5-4-6-13-26/h8-11,22-24H,4-7,12-19H2,1-3H3. The van der Waals surface area contributed by atoms with Crippen LogP contribution in [0.25, 0.3) is 0 Å². The van der Waals surface area contributed by atoms with E-state index in [1.807, 2.05) is 0 Å². The first-order valence-electron chi connectivity index (χ1n) is 11.6. The molecule has 1 aromatic rings. The van der Waals surface area contributed by atoms with Gasteiger partial charge in [0.2, 0.25) is 0 Å². The fraction of sp³-hybridized carbons (Fsp3) is 0.760. The SMILES string of the molecule is CC(C)(C)c1ccc(CN2CC3C(COCCCN4CCCCC4)C3C2)cc1. The minimum Gasteiger partial charge on any atom is -0.381 e. The largest absolute Gasteiger partial charge is 0.381 e. The molecule has 3 heteroatoms. The lowest BCUT2D eigenvalue weighted by Gasteiger charge is -2.26. The zero-order chi connectivity index (χ0) is 19.6. The van der Waals surface area contributed by atoms with Gasteiger partial charge in [-0.25, -0.2) is 0 Å². The van der Waals surface area contributed by atoms with E-state index in [2.05, 4.69) is 54.8 Å². The lowest BCUT2D eigenvalue weighted by molar-refractivity contribution is 0.0967. The number of hydrogen-bond donors (Lipinski definition) is 0. The van der Waals surface area contributed by atoms with Crippen molar-refractivity contribution >= 4 is 0 Å². The summed E-state index contributed by atoms with van der Waals surface area (Å²) in [6, 6.07) is 9.28. The zero-order valence-electron chi connectivity index (χ0n) is 18.3. The molecular weight excluding hydrogens is 344 g/mol. The minimum atomic E-state index is 0.245. The molecule has 3 nitrogen and oxygen atoms in total. The molecule has 0 aromatic heterocycles. The quantitative estimate of drug-likeness (QED) is 0.611. The Balaban J connectivity index is 1.09. The van der Waals surface area contributed by atoms with Gasteiger partial charge in [0, 0.05) is 32.8 Å². The average Bonchev–Trinajstić information content (AvgIpc) is 3.13. The van der Waals surface area contributed by atoms with E-state index in [4.69, 9.17) is 4.74 Å². The van der Waals surface area contributed by atoms with Crippen molar-refractivity contribution in [2.45, 2.75) is 58.4 Å². The highest BCUT2D eigenvalue weighted by molar-refractivity contribution is 5.27. The highest BCUT2D eigenvalue weighted by Gasteiger charge is 2.55. The van der Waals surface area contributed by atoms with Crippen LogP contribution in [-0.2, 0) is 16.7 Å². The second kappa shape index (κ2) is 8.85. The van der Waals surface area contributed by atoms with E-state index in [1.54, 1.807) is 0 Å². The fourth-order valence-corrected chi connectivity index (χ4v) is 5.27. The second-order valence-corrected chi connectivity index (χ2v) is 10.5. The topological polar surface area (TPSA) is 15.7 Å². The van der Waals surface area contributed by atoms with E-state index in [1.165, 1.54) is 69.5 Å². The summed E-state index contributed by atoms with van der Waals surface area (Å²) in [5, 5.41) is 0. The van der Waals surface area contributed by atoms with Crippen molar-refractivity contribution in [2.75, 3.05) is 45.9 Å². The molecule has 2 saturated heterocycles. The summed E-state index contributed by atoms with van der Waals surface area (Å²) < 4.78 is 6.04. The molecule has 28 heavy (non-hydrogen) atoms. The van der Waals surface area contributed by atoms with Gasteiger partial charge in [0.1, 0.15) is 0 Å². The summed E-state index contributed by atoms with van der Waals surface area (Å²) in [7, 11) is 0. The van der Waals surface area contributed by atoms with Gasteiger partial charge in [0.25, 0.3) is 0 Å². The lowest BCUT2D eigenvalue weighted by Crippen LogP contribution is -2.31. The third kappa shape index (κ3) is 5.17. The number of ether oxygens (including phenoxy) is 1. The lowest BCUT2D eigenvalue weighted by atomic mass is 9.87. The van der Waals surface area contributed by atoms with Crippen LogP contribution < -0.4 is 0 Å². The average molecular weight is 385 g/mol. The van der Waals surface area contributed by atoms with Gasteiger partial charge in [-0.3, -0.25) is 4.90 Å². The molecule has 1 aliphatic carbocycles. The monoisotopic (exact) mass is 384 g/mol. The van der Waals surface area contributed by atoms with E-state index in [0.29, 0.717) is 0 Å². The van der Waals surface area contributed by atoms with Gasteiger partial charge in [-0.15, -0.1) is 0 Å². The third-order valence-electron chi connectivity index (χ3n) is 7.20. The molecule has 2 atom stereocenters. The molecule has 0 N–H and O–H groups in total. The summed E-state index contributed by atoms with van der Waals surface area (Å²) in [6.07, 6.45) is 5.42. The summed E-state index contributed by atoms with van der Waals surface area (Å²) in [6.45, 7) is 16.3. The van der Waals surface area contributed by atoms with E-state index in [9.17, 15) is 0 Å². The zero-order valence-corrected chi connectivity index (χ0v) is 18.3. The number of hydrogen-bond acceptors (Lipinski definition) is 3. The molecule has 0 bridgehead atoms. The molecular formula is C25H40N2O. The second-order valence-electron chi connectivity index (χ2n) is 10.5. The van der Waals surface area contributed by atoms with Crippen LogP contribution in [0.3, 0.4) is 0 Å². The van der Waals surface area contributed by atoms with E-state index >= 15 is 0 Å². The molecule has 2 heterocycles. The van der Waals surface area contributed by atoms with Crippen molar-refractivity contribution < 1.29 is 4.74 Å². The van der Waals surface area contributed by atoms with Gasteiger partial charge < -0.3 is 9.64 Å². The predicted molar refractivity (Wildman–Crippen MR) is 117 cm³/mol. The number of fused-ring (bicyclic) bond motifs is 1. The summed E-state index contributed by atoms with van der Waals surface area (Å²) in [4.78, 5) is 5.26. The molecule has 0 spiro atoms. The summed E-state index contributed by atoms with van der Waals surface area (Å²) in [5.74, 6) is 2.64. The number of nitrogens with zero attached hydrogens (tertiary/aromatic N) is 2. The van der Waals surface area contributed by atoms with E-state index < -0.39 is 0 Å². The van der Waals surface area contributed by atoms with Crippen molar-refractivity contribution in [1.29, 1.82) is 0 Å². The normalized spacial score (nSPS) is 28.5. The Morgan fingerprint density at radius 3 is 2.25 bits per heavy atom. The molecule has 3 aliphatic rings. The van der Waals surface area contributed by atoms with Crippen LogP contribution in [0.2, 0.25) is 0 Å². The number of rotatable bonds is 8. The van der Waals surface area contributed by atoms with Crippen molar-refractivity contribution in [3.63, 3.8) is 0 Å². The van der Waals surface area contributed by atoms with Gasteiger partial charge in [0.15, 0.2) is 0 Å². The highest BCUT2D eigenvalue weighted by Crippen LogP contribution is 2.52. The Morgan fingerprint density at radius 2 is 1.61 bits per heavy atom. The van der Waals surface area contributed by atoms with Crippen molar-refractivity contribution in [2.24, 2.45) is 17.8 Å². The summed E-state index contributed by atoms with van der Waals surface area (Å²) >= 11 is 0. The van der Waals surface area contributed by atoms with Gasteiger partial charge in [0.05, 0.1) is 6.61 Å². The first-order valence-corrected chi connectivity index (χ1v) is 11.6. The van der Waals surface area contributed by atoms with Crippen molar-refractivity contribution in [1.82, 2.24) is 9.80 Å². The molecule has 0 radical (unpaired) electrons. The van der Waals surface area contributed by atoms with Crippen LogP contribution in [0.1, 0.15) is 57.6 Å². The van der Waals surface area contributed by atoms with Gasteiger partial charge in [-0.05, 0) is 66.6 Å². The molecule has 2 aliphatic heterocycles. The molecule has 2 unspecified atom stereocenters. The van der Waals surface area contributed by atoms with E-state index in [0.717, 1.165) is 37.5 Å². The summed E-state index contributed by atoms with van der Waals surface area (Å²) in [5.41, 5.74) is 3.13. The molecule has 4 rings (SSSR count). The Bertz CT molecular complexity index is 602. The van der Waals surface area contributed by atoms with Gasteiger partial charge in [-0.1, -0.05) is 51.5 Å². The molecule has 3 fully saturated rings. The molecule has 0 amide bonds. The maximum Gasteiger partial charge on any atom is 0.0500 e. The Hall–Kier alpha value is -0.900. The number of benzene rings is 1. The number of piperidine rings is 2. The van der Waals surface area contributed by atoms with Gasteiger partial charge >= 0.3 is 0 Å². The Labute approximate surface area is 172 Å². The molecule has 156 valence electrons. The molecule has 1 saturated carbocycles. The smallest absolute Gasteiger partial charge is 0.0500 e. The van der Waals surface area contributed by atoms with Crippen molar-refractivity contribution in [3.05, 3.63) is 35.4 Å². The number of likely N-dealkylation sites (tertiary alicyclic amines) is 2. The van der Waals surface area contributed by atoms with E-state index in [-0.39, 0.29) is 5.41 Å². The van der Waals surface area contributed by atoms with Crippen LogP contribution in [0.4, 0.5) is 0 Å².